The smallest absolute Gasteiger partial charge is 0.326 e. The Morgan fingerprint density at radius 1 is 1.12 bits per heavy atom. The Kier molecular flexibility index (Phi) is 5.39. The molecule has 140 valence electrons. The summed E-state index contributed by atoms with van der Waals surface area (Å²) in [7, 11) is 0. The number of nitrogens with one attached hydrogen (secondary N) is 1. The molecule has 0 bridgehead atoms. The minimum atomic E-state index is -0.846. The van der Waals surface area contributed by atoms with Crippen LogP contribution in [0.3, 0.4) is 0 Å². The molecule has 0 radical (unpaired) electrons. The van der Waals surface area contributed by atoms with E-state index in [-0.39, 0.29) is 24.9 Å². The number of rotatable bonds is 6. The van der Waals surface area contributed by atoms with E-state index in [0.29, 0.717) is 18.6 Å². The van der Waals surface area contributed by atoms with Crippen LogP contribution in [0.2, 0.25) is 0 Å². The van der Waals surface area contributed by atoms with Crippen LogP contribution in [-0.2, 0) is 14.3 Å². The van der Waals surface area contributed by atoms with E-state index in [4.69, 9.17) is 9.47 Å². The van der Waals surface area contributed by atoms with Crippen molar-refractivity contribution in [3.63, 3.8) is 0 Å². The first-order valence-electron chi connectivity index (χ1n) is 8.68. The number of amides is 3. The Labute approximate surface area is 150 Å². The Morgan fingerprint density at radius 3 is 2.50 bits per heavy atom. The number of esters is 1. The summed E-state index contributed by atoms with van der Waals surface area (Å²) in [6.45, 7) is -0.366. The fourth-order valence-electron chi connectivity index (χ4n) is 3.33. The van der Waals surface area contributed by atoms with E-state index in [2.05, 4.69) is 5.32 Å². The summed E-state index contributed by atoms with van der Waals surface area (Å²) in [4.78, 5) is 37.5. The van der Waals surface area contributed by atoms with Crippen molar-refractivity contribution in [1.82, 2.24) is 10.2 Å². The van der Waals surface area contributed by atoms with Gasteiger partial charge >= 0.3 is 12.0 Å². The van der Waals surface area contributed by atoms with Crippen molar-refractivity contribution in [2.75, 3.05) is 19.8 Å². The van der Waals surface area contributed by atoms with Gasteiger partial charge in [0.25, 0.3) is 5.91 Å². The monoisotopic (exact) mass is 364 g/mol. The first-order chi connectivity index (χ1) is 12.5. The lowest BCUT2D eigenvalue weighted by molar-refractivity contribution is -0.148. The number of imide groups is 1. The summed E-state index contributed by atoms with van der Waals surface area (Å²) in [5.41, 5.74) is -0.846. The summed E-state index contributed by atoms with van der Waals surface area (Å²) >= 11 is 0. The fourth-order valence-corrected chi connectivity index (χ4v) is 3.33. The Hall–Kier alpha value is -2.64. The molecule has 1 saturated heterocycles. The quantitative estimate of drug-likeness (QED) is 0.474. The third-order valence-corrected chi connectivity index (χ3v) is 4.67. The van der Waals surface area contributed by atoms with Crippen molar-refractivity contribution in [2.24, 2.45) is 0 Å². The molecule has 3 rings (SSSR count). The molecule has 0 atom stereocenters. The lowest BCUT2D eigenvalue weighted by Gasteiger charge is -2.30. The van der Waals surface area contributed by atoms with Crippen LogP contribution >= 0.6 is 0 Å². The number of nitrogens with zero attached hydrogens (tertiary/aromatic N) is 1. The molecule has 3 amide bonds. The van der Waals surface area contributed by atoms with Gasteiger partial charge in [-0.25, -0.2) is 9.18 Å². The van der Waals surface area contributed by atoms with Crippen molar-refractivity contribution in [2.45, 2.75) is 37.6 Å². The molecule has 1 saturated carbocycles. The largest absolute Gasteiger partial charge is 0.490 e. The van der Waals surface area contributed by atoms with Crippen LogP contribution in [0.1, 0.15) is 32.1 Å². The van der Waals surface area contributed by atoms with Crippen molar-refractivity contribution in [3.8, 4) is 5.75 Å². The van der Waals surface area contributed by atoms with Gasteiger partial charge in [0.15, 0.2) is 0 Å². The number of halogens is 1. The molecule has 2 fully saturated rings. The van der Waals surface area contributed by atoms with Crippen LogP contribution in [-0.4, -0.2) is 48.1 Å². The number of hydrogen-bond acceptors (Lipinski definition) is 5. The highest BCUT2D eigenvalue weighted by atomic mass is 19.1. The molecule has 2 aliphatic rings. The van der Waals surface area contributed by atoms with E-state index in [1.54, 1.807) is 0 Å². The second-order valence-electron chi connectivity index (χ2n) is 6.49. The molecule has 1 aromatic rings. The maximum Gasteiger partial charge on any atom is 0.326 e. The number of carbonyl (C=O) groups excluding carboxylic acids is 3. The summed E-state index contributed by atoms with van der Waals surface area (Å²) in [6, 6.07) is 4.92. The summed E-state index contributed by atoms with van der Waals surface area (Å²) < 4.78 is 23.1. The third kappa shape index (κ3) is 3.95. The maximum absolute atomic E-state index is 12.8. The van der Waals surface area contributed by atoms with Crippen LogP contribution in [0.25, 0.3) is 0 Å². The minimum absolute atomic E-state index is 0.0367. The second kappa shape index (κ2) is 7.72. The highest BCUT2D eigenvalue weighted by molar-refractivity contribution is 6.08. The number of urea groups is 1. The van der Waals surface area contributed by atoms with Crippen LogP contribution in [0.5, 0.6) is 5.75 Å². The molecule has 8 heteroatoms. The van der Waals surface area contributed by atoms with E-state index in [0.717, 1.165) is 24.2 Å². The molecular formula is C18H21FN2O5. The average Bonchev–Trinajstić information content (AvgIpc) is 2.85. The molecule has 0 unspecified atom stereocenters. The van der Waals surface area contributed by atoms with Crippen molar-refractivity contribution in [1.29, 1.82) is 0 Å². The first-order valence-corrected chi connectivity index (χ1v) is 8.68. The zero-order chi connectivity index (χ0) is 18.6. The fraction of sp³-hybridized carbons (Fsp3) is 0.500. The second-order valence-corrected chi connectivity index (χ2v) is 6.49. The Balaban J connectivity index is 1.43. The molecule has 0 aromatic heterocycles. The maximum atomic E-state index is 12.8. The van der Waals surface area contributed by atoms with Crippen molar-refractivity contribution in [3.05, 3.63) is 30.1 Å². The van der Waals surface area contributed by atoms with Crippen molar-refractivity contribution < 1.29 is 28.2 Å². The molecule has 1 aliphatic carbocycles. The average molecular weight is 364 g/mol. The lowest BCUT2D eigenvalue weighted by Crippen LogP contribution is -2.48. The van der Waals surface area contributed by atoms with Crippen LogP contribution in [0.15, 0.2) is 24.3 Å². The van der Waals surface area contributed by atoms with Crippen molar-refractivity contribution >= 4 is 17.9 Å². The number of ether oxygens (including phenoxy) is 2. The standard InChI is InChI=1S/C18H21FN2O5/c19-13-4-6-14(7-5-13)25-10-11-26-15(22)12-21-16(23)18(20-17(21)24)8-2-1-3-9-18/h4-7H,1-3,8-12H2,(H,20,24). The topological polar surface area (TPSA) is 84.9 Å². The molecule has 26 heavy (non-hydrogen) atoms. The number of carbonyl (C=O) groups is 3. The van der Waals surface area contributed by atoms with Gasteiger partial charge in [0, 0.05) is 0 Å². The van der Waals surface area contributed by atoms with Crippen LogP contribution in [0, 0.1) is 5.82 Å². The molecule has 1 aliphatic heterocycles. The van der Waals surface area contributed by atoms with Crippen LogP contribution < -0.4 is 10.1 Å². The van der Waals surface area contributed by atoms with Crippen LogP contribution in [0.4, 0.5) is 9.18 Å². The summed E-state index contributed by atoms with van der Waals surface area (Å²) in [5.74, 6) is -0.936. The molecule has 7 nitrogen and oxygen atoms in total. The normalized spacial score (nSPS) is 18.7. The van der Waals surface area contributed by atoms with Gasteiger partial charge in [-0.3, -0.25) is 14.5 Å². The van der Waals surface area contributed by atoms with E-state index in [1.165, 1.54) is 24.3 Å². The predicted octanol–water partition coefficient (Wildman–Crippen LogP) is 2.00. The van der Waals surface area contributed by atoms with Gasteiger partial charge in [0.1, 0.15) is 36.9 Å². The highest BCUT2D eigenvalue weighted by Crippen LogP contribution is 2.33. The number of hydrogen-bond donors (Lipinski definition) is 1. The van der Waals surface area contributed by atoms with E-state index in [9.17, 15) is 18.8 Å². The number of benzene rings is 1. The molecular weight excluding hydrogens is 343 g/mol. The predicted molar refractivity (Wildman–Crippen MR) is 88.9 cm³/mol. The Morgan fingerprint density at radius 2 is 1.81 bits per heavy atom. The first kappa shape index (κ1) is 18.2. The third-order valence-electron chi connectivity index (χ3n) is 4.67. The van der Waals surface area contributed by atoms with Gasteiger partial charge in [0.2, 0.25) is 0 Å². The van der Waals surface area contributed by atoms with Gasteiger partial charge in [-0.2, -0.15) is 0 Å². The lowest BCUT2D eigenvalue weighted by atomic mass is 9.82. The van der Waals surface area contributed by atoms with Gasteiger partial charge in [-0.05, 0) is 37.1 Å². The van der Waals surface area contributed by atoms with Gasteiger partial charge in [-0.1, -0.05) is 19.3 Å². The minimum Gasteiger partial charge on any atom is -0.490 e. The zero-order valence-electron chi connectivity index (χ0n) is 14.3. The van der Waals surface area contributed by atoms with Gasteiger partial charge in [0.05, 0.1) is 0 Å². The molecule has 1 N–H and O–H groups in total. The molecule has 1 spiro atoms. The van der Waals surface area contributed by atoms with Gasteiger partial charge in [-0.15, -0.1) is 0 Å². The Bertz CT molecular complexity index is 685. The highest BCUT2D eigenvalue weighted by Gasteiger charge is 2.51. The van der Waals surface area contributed by atoms with E-state index < -0.39 is 24.1 Å². The zero-order valence-corrected chi connectivity index (χ0v) is 14.3. The van der Waals surface area contributed by atoms with E-state index >= 15 is 0 Å². The summed E-state index contributed by atoms with van der Waals surface area (Å²) in [6.07, 6.45) is 4.01. The van der Waals surface area contributed by atoms with Gasteiger partial charge < -0.3 is 14.8 Å². The van der Waals surface area contributed by atoms with E-state index in [1.807, 2.05) is 0 Å². The summed E-state index contributed by atoms with van der Waals surface area (Å²) in [5, 5.41) is 2.74. The molecule has 1 aromatic carbocycles. The SMILES string of the molecule is O=C(CN1C(=O)NC2(CCCCC2)C1=O)OCCOc1ccc(F)cc1. The molecule has 1 heterocycles.